The summed E-state index contributed by atoms with van der Waals surface area (Å²) in [6.45, 7) is 12.9. The Bertz CT molecular complexity index is 471. The first-order valence-corrected chi connectivity index (χ1v) is 7.62. The first-order valence-electron chi connectivity index (χ1n) is 7.62. The fraction of sp³-hybridized carbons (Fsp3) is 0.588. The second kappa shape index (κ2) is 6.40. The predicted molar refractivity (Wildman–Crippen MR) is 86.0 cm³/mol. The summed E-state index contributed by atoms with van der Waals surface area (Å²) in [5.41, 5.74) is 2.99. The molecule has 0 saturated carbocycles. The predicted octanol–water partition coefficient (Wildman–Crippen LogP) is 3.37. The zero-order valence-electron chi connectivity index (χ0n) is 13.2. The van der Waals surface area contributed by atoms with Crippen LogP contribution >= 0.6 is 0 Å². The summed E-state index contributed by atoms with van der Waals surface area (Å²) in [5.74, 6) is 1.10. The number of nitrogens with one attached hydrogen (secondary N) is 1. The van der Waals surface area contributed by atoms with Crippen LogP contribution in [0.4, 0.5) is 5.82 Å². The van der Waals surface area contributed by atoms with E-state index in [1.807, 2.05) is 0 Å². The molecule has 0 saturated heterocycles. The molecule has 1 aromatic heterocycles. The number of anilines is 1. The quantitative estimate of drug-likeness (QED) is 0.853. The SMILES string of the molecule is CCNCc1cccc(N2CC=C(C(C)(C)C)CC2)n1. The molecule has 3 heteroatoms. The van der Waals surface area contributed by atoms with Crippen molar-refractivity contribution in [2.24, 2.45) is 5.41 Å². The maximum absolute atomic E-state index is 4.76. The van der Waals surface area contributed by atoms with Crippen molar-refractivity contribution in [2.45, 2.75) is 40.7 Å². The van der Waals surface area contributed by atoms with E-state index >= 15 is 0 Å². The first kappa shape index (κ1) is 15.0. The van der Waals surface area contributed by atoms with Crippen LogP contribution in [-0.4, -0.2) is 24.6 Å². The molecule has 20 heavy (non-hydrogen) atoms. The lowest BCUT2D eigenvalue weighted by Gasteiger charge is -2.33. The maximum Gasteiger partial charge on any atom is 0.129 e. The van der Waals surface area contributed by atoms with Gasteiger partial charge in [0, 0.05) is 19.6 Å². The summed E-state index contributed by atoms with van der Waals surface area (Å²) in [6.07, 6.45) is 3.52. The molecule has 3 nitrogen and oxygen atoms in total. The van der Waals surface area contributed by atoms with Gasteiger partial charge in [0.15, 0.2) is 0 Å². The lowest BCUT2D eigenvalue weighted by Crippen LogP contribution is -2.32. The third-order valence-electron chi connectivity index (χ3n) is 3.84. The molecule has 0 amide bonds. The van der Waals surface area contributed by atoms with Crippen LogP contribution in [0.2, 0.25) is 0 Å². The van der Waals surface area contributed by atoms with Gasteiger partial charge in [-0.15, -0.1) is 0 Å². The fourth-order valence-electron chi connectivity index (χ4n) is 2.55. The average Bonchev–Trinajstić information content (AvgIpc) is 2.45. The zero-order valence-corrected chi connectivity index (χ0v) is 13.2. The molecule has 0 aromatic carbocycles. The molecular weight excluding hydrogens is 246 g/mol. The van der Waals surface area contributed by atoms with Gasteiger partial charge in [-0.05, 0) is 30.5 Å². The van der Waals surface area contributed by atoms with Gasteiger partial charge in [-0.2, -0.15) is 0 Å². The van der Waals surface area contributed by atoms with E-state index < -0.39 is 0 Å². The van der Waals surface area contributed by atoms with E-state index in [0.717, 1.165) is 44.1 Å². The van der Waals surface area contributed by atoms with Gasteiger partial charge in [-0.25, -0.2) is 4.98 Å². The minimum absolute atomic E-state index is 0.298. The zero-order chi connectivity index (χ0) is 14.6. The van der Waals surface area contributed by atoms with Crippen LogP contribution in [0.3, 0.4) is 0 Å². The maximum atomic E-state index is 4.76. The van der Waals surface area contributed by atoms with E-state index in [0.29, 0.717) is 5.41 Å². The lowest BCUT2D eigenvalue weighted by molar-refractivity contribution is 0.472. The largest absolute Gasteiger partial charge is 0.353 e. The second-order valence-electron chi connectivity index (χ2n) is 6.44. The fourth-order valence-corrected chi connectivity index (χ4v) is 2.55. The minimum atomic E-state index is 0.298. The molecule has 0 aliphatic carbocycles. The molecule has 0 bridgehead atoms. The van der Waals surface area contributed by atoms with Crippen molar-refractivity contribution in [3.05, 3.63) is 35.5 Å². The van der Waals surface area contributed by atoms with Gasteiger partial charge < -0.3 is 10.2 Å². The number of rotatable bonds is 4. The van der Waals surface area contributed by atoms with Crippen molar-refractivity contribution >= 4 is 5.82 Å². The molecule has 2 heterocycles. The van der Waals surface area contributed by atoms with E-state index in [4.69, 9.17) is 4.98 Å². The Morgan fingerprint density at radius 2 is 2.10 bits per heavy atom. The summed E-state index contributed by atoms with van der Waals surface area (Å²) in [5, 5.41) is 3.33. The monoisotopic (exact) mass is 273 g/mol. The Morgan fingerprint density at radius 3 is 2.70 bits per heavy atom. The van der Waals surface area contributed by atoms with E-state index in [1.54, 1.807) is 5.57 Å². The Labute approximate surface area is 123 Å². The average molecular weight is 273 g/mol. The third-order valence-corrected chi connectivity index (χ3v) is 3.84. The van der Waals surface area contributed by atoms with Crippen LogP contribution in [0, 0.1) is 5.41 Å². The van der Waals surface area contributed by atoms with Crippen molar-refractivity contribution in [1.29, 1.82) is 0 Å². The summed E-state index contributed by atoms with van der Waals surface area (Å²) in [7, 11) is 0. The highest BCUT2D eigenvalue weighted by atomic mass is 15.2. The van der Waals surface area contributed by atoms with Crippen LogP contribution in [0.5, 0.6) is 0 Å². The van der Waals surface area contributed by atoms with E-state index in [9.17, 15) is 0 Å². The first-order chi connectivity index (χ1) is 9.50. The standard InChI is InChI=1S/C17H27N3/c1-5-18-13-15-7-6-8-16(19-15)20-11-9-14(10-12-20)17(2,3)4/h6-9,18H,5,10-13H2,1-4H3. The van der Waals surface area contributed by atoms with Crippen LogP contribution < -0.4 is 10.2 Å². The molecular formula is C17H27N3. The minimum Gasteiger partial charge on any atom is -0.353 e. The molecule has 0 atom stereocenters. The van der Waals surface area contributed by atoms with Crippen molar-refractivity contribution in [3.8, 4) is 0 Å². The molecule has 1 aliphatic heterocycles. The highest BCUT2D eigenvalue weighted by molar-refractivity contribution is 5.42. The normalized spacial score (nSPS) is 16.2. The van der Waals surface area contributed by atoms with E-state index in [-0.39, 0.29) is 0 Å². The molecule has 1 N–H and O–H groups in total. The molecule has 0 spiro atoms. The Balaban J connectivity index is 2.05. The number of nitrogens with zero attached hydrogens (tertiary/aromatic N) is 2. The van der Waals surface area contributed by atoms with Gasteiger partial charge in [0.25, 0.3) is 0 Å². The van der Waals surface area contributed by atoms with Crippen LogP contribution in [-0.2, 0) is 6.54 Å². The van der Waals surface area contributed by atoms with Gasteiger partial charge >= 0.3 is 0 Å². The Hall–Kier alpha value is -1.35. The highest BCUT2D eigenvalue weighted by Crippen LogP contribution is 2.31. The number of hydrogen-bond acceptors (Lipinski definition) is 3. The molecule has 0 unspecified atom stereocenters. The van der Waals surface area contributed by atoms with Crippen LogP contribution in [0.25, 0.3) is 0 Å². The second-order valence-corrected chi connectivity index (χ2v) is 6.44. The van der Waals surface area contributed by atoms with Crippen molar-refractivity contribution in [3.63, 3.8) is 0 Å². The topological polar surface area (TPSA) is 28.2 Å². The Kier molecular flexibility index (Phi) is 4.81. The molecule has 1 aromatic rings. The molecule has 1 aliphatic rings. The molecule has 110 valence electrons. The number of aromatic nitrogens is 1. The van der Waals surface area contributed by atoms with Gasteiger partial charge in [0.2, 0.25) is 0 Å². The highest BCUT2D eigenvalue weighted by Gasteiger charge is 2.21. The summed E-state index contributed by atoms with van der Waals surface area (Å²) in [4.78, 5) is 7.12. The number of hydrogen-bond donors (Lipinski definition) is 1. The van der Waals surface area contributed by atoms with E-state index in [1.165, 1.54) is 0 Å². The van der Waals surface area contributed by atoms with Gasteiger partial charge in [0.05, 0.1) is 5.69 Å². The van der Waals surface area contributed by atoms with Crippen LogP contribution in [0.15, 0.2) is 29.8 Å². The van der Waals surface area contributed by atoms with Gasteiger partial charge in [0.1, 0.15) is 5.82 Å². The van der Waals surface area contributed by atoms with Crippen molar-refractivity contribution in [2.75, 3.05) is 24.5 Å². The van der Waals surface area contributed by atoms with Gasteiger partial charge in [-0.3, -0.25) is 0 Å². The van der Waals surface area contributed by atoms with Crippen molar-refractivity contribution < 1.29 is 0 Å². The molecule has 0 fully saturated rings. The van der Waals surface area contributed by atoms with E-state index in [2.05, 4.69) is 62.2 Å². The summed E-state index contributed by atoms with van der Waals surface area (Å²) in [6, 6.07) is 6.32. The smallest absolute Gasteiger partial charge is 0.129 e. The van der Waals surface area contributed by atoms with Gasteiger partial charge in [-0.1, -0.05) is 45.4 Å². The number of pyridine rings is 1. The summed E-state index contributed by atoms with van der Waals surface area (Å²) >= 11 is 0. The Morgan fingerprint density at radius 1 is 1.30 bits per heavy atom. The summed E-state index contributed by atoms with van der Waals surface area (Å²) < 4.78 is 0. The van der Waals surface area contributed by atoms with Crippen molar-refractivity contribution in [1.82, 2.24) is 10.3 Å². The molecule has 0 radical (unpaired) electrons. The van der Waals surface area contributed by atoms with Crippen LogP contribution in [0.1, 0.15) is 39.8 Å². The molecule has 2 rings (SSSR count). The third kappa shape index (κ3) is 3.83. The lowest BCUT2D eigenvalue weighted by atomic mass is 9.83.